The maximum Gasteiger partial charge on any atom is 0.164 e. The van der Waals surface area contributed by atoms with E-state index in [0.717, 1.165) is 5.82 Å². The molecule has 0 radical (unpaired) electrons. The second-order valence-electron chi connectivity index (χ2n) is 3.09. The van der Waals surface area contributed by atoms with Crippen molar-refractivity contribution in [3.8, 4) is 11.5 Å². The SMILES string of the molecule is Cn1ncnc1COc1cccc(O)c1. The third kappa shape index (κ3) is 2.25. The number of ether oxygens (including phenoxy) is 1. The van der Waals surface area contributed by atoms with Crippen LogP contribution >= 0.6 is 0 Å². The molecule has 1 aromatic heterocycles. The van der Waals surface area contributed by atoms with Crippen molar-refractivity contribution in [1.29, 1.82) is 0 Å². The lowest BCUT2D eigenvalue weighted by Crippen LogP contribution is -2.04. The van der Waals surface area contributed by atoms with Gasteiger partial charge in [0.2, 0.25) is 0 Å². The molecule has 0 aliphatic heterocycles. The van der Waals surface area contributed by atoms with Crippen LogP contribution in [-0.4, -0.2) is 19.9 Å². The van der Waals surface area contributed by atoms with Gasteiger partial charge in [-0.15, -0.1) is 0 Å². The van der Waals surface area contributed by atoms with Crippen LogP contribution in [0.4, 0.5) is 0 Å². The average molecular weight is 205 g/mol. The largest absolute Gasteiger partial charge is 0.508 e. The van der Waals surface area contributed by atoms with Crippen LogP contribution in [0.3, 0.4) is 0 Å². The van der Waals surface area contributed by atoms with Crippen molar-refractivity contribution in [3.05, 3.63) is 36.4 Å². The first-order chi connectivity index (χ1) is 7.25. The van der Waals surface area contributed by atoms with Gasteiger partial charge in [-0.1, -0.05) is 6.07 Å². The van der Waals surface area contributed by atoms with Crippen LogP contribution in [0.15, 0.2) is 30.6 Å². The lowest BCUT2D eigenvalue weighted by molar-refractivity contribution is 0.288. The van der Waals surface area contributed by atoms with Gasteiger partial charge in [-0.3, -0.25) is 4.68 Å². The van der Waals surface area contributed by atoms with Gasteiger partial charge in [0.25, 0.3) is 0 Å². The van der Waals surface area contributed by atoms with Crippen LogP contribution < -0.4 is 4.74 Å². The van der Waals surface area contributed by atoms with E-state index in [2.05, 4.69) is 10.1 Å². The van der Waals surface area contributed by atoms with E-state index in [4.69, 9.17) is 4.74 Å². The highest BCUT2D eigenvalue weighted by Gasteiger charge is 2.01. The molecule has 5 heteroatoms. The van der Waals surface area contributed by atoms with E-state index in [9.17, 15) is 5.11 Å². The Morgan fingerprint density at radius 2 is 2.33 bits per heavy atom. The monoisotopic (exact) mass is 205 g/mol. The van der Waals surface area contributed by atoms with E-state index in [1.165, 1.54) is 6.33 Å². The summed E-state index contributed by atoms with van der Waals surface area (Å²) >= 11 is 0. The quantitative estimate of drug-likeness (QED) is 0.815. The Hall–Kier alpha value is -2.04. The highest BCUT2D eigenvalue weighted by molar-refractivity contribution is 5.31. The third-order valence-corrected chi connectivity index (χ3v) is 1.99. The molecule has 0 aliphatic carbocycles. The summed E-state index contributed by atoms with van der Waals surface area (Å²) < 4.78 is 7.07. The Kier molecular flexibility index (Phi) is 2.53. The van der Waals surface area contributed by atoms with E-state index in [0.29, 0.717) is 12.4 Å². The number of phenols is 1. The first-order valence-electron chi connectivity index (χ1n) is 4.50. The van der Waals surface area contributed by atoms with Gasteiger partial charge in [0, 0.05) is 13.1 Å². The Bertz CT molecular complexity index is 453. The summed E-state index contributed by atoms with van der Waals surface area (Å²) in [5.74, 6) is 1.53. The predicted molar refractivity (Wildman–Crippen MR) is 53.4 cm³/mol. The summed E-state index contributed by atoms with van der Waals surface area (Å²) in [6.45, 7) is 0.333. The van der Waals surface area contributed by atoms with Crippen molar-refractivity contribution in [3.63, 3.8) is 0 Å². The van der Waals surface area contributed by atoms with Crippen LogP contribution in [0.1, 0.15) is 5.82 Å². The molecule has 1 N–H and O–H groups in total. The zero-order valence-corrected chi connectivity index (χ0v) is 8.29. The number of hydrogen-bond donors (Lipinski definition) is 1. The number of aromatic hydroxyl groups is 1. The van der Waals surface area contributed by atoms with Crippen LogP contribution in [-0.2, 0) is 13.7 Å². The molecule has 2 aromatic rings. The van der Waals surface area contributed by atoms with Gasteiger partial charge >= 0.3 is 0 Å². The lowest BCUT2D eigenvalue weighted by atomic mass is 10.3. The first kappa shape index (κ1) is 9.51. The molecule has 0 fully saturated rings. The minimum atomic E-state index is 0.186. The fourth-order valence-electron chi connectivity index (χ4n) is 1.17. The summed E-state index contributed by atoms with van der Waals surface area (Å²) in [6, 6.07) is 6.64. The zero-order valence-electron chi connectivity index (χ0n) is 8.29. The standard InChI is InChI=1S/C10H11N3O2/c1-13-10(11-7-12-13)6-15-9-4-2-3-8(14)5-9/h2-5,7,14H,6H2,1H3. The predicted octanol–water partition coefficient (Wildman–Crippen LogP) is 1.10. The van der Waals surface area contributed by atoms with Gasteiger partial charge in [-0.25, -0.2) is 4.98 Å². The zero-order chi connectivity index (χ0) is 10.7. The summed E-state index contributed by atoms with van der Waals surface area (Å²) in [7, 11) is 1.80. The second-order valence-corrected chi connectivity index (χ2v) is 3.09. The topological polar surface area (TPSA) is 60.2 Å². The molecule has 0 unspecified atom stereocenters. The number of aromatic nitrogens is 3. The smallest absolute Gasteiger partial charge is 0.164 e. The summed E-state index contributed by atoms with van der Waals surface area (Å²) in [5.41, 5.74) is 0. The number of aryl methyl sites for hydroxylation is 1. The van der Waals surface area contributed by atoms with E-state index in [-0.39, 0.29) is 5.75 Å². The van der Waals surface area contributed by atoms with Gasteiger partial charge in [-0.2, -0.15) is 5.10 Å². The molecule has 0 spiro atoms. The van der Waals surface area contributed by atoms with Crippen molar-refractivity contribution < 1.29 is 9.84 Å². The highest BCUT2D eigenvalue weighted by Crippen LogP contribution is 2.18. The normalized spacial score (nSPS) is 10.2. The van der Waals surface area contributed by atoms with Gasteiger partial charge in [0.1, 0.15) is 24.4 Å². The van der Waals surface area contributed by atoms with E-state index >= 15 is 0 Å². The van der Waals surface area contributed by atoms with Crippen molar-refractivity contribution >= 4 is 0 Å². The molecule has 1 heterocycles. The van der Waals surface area contributed by atoms with E-state index < -0.39 is 0 Å². The van der Waals surface area contributed by atoms with Crippen LogP contribution in [0, 0.1) is 0 Å². The Morgan fingerprint density at radius 1 is 1.47 bits per heavy atom. The molecule has 2 rings (SSSR count). The molecule has 15 heavy (non-hydrogen) atoms. The molecule has 5 nitrogen and oxygen atoms in total. The minimum absolute atomic E-state index is 0.186. The molecular weight excluding hydrogens is 194 g/mol. The van der Waals surface area contributed by atoms with Crippen molar-refractivity contribution in [2.75, 3.05) is 0 Å². The molecule has 78 valence electrons. The molecule has 0 saturated carbocycles. The molecule has 0 aliphatic rings. The third-order valence-electron chi connectivity index (χ3n) is 1.99. The number of nitrogens with zero attached hydrogens (tertiary/aromatic N) is 3. The fourth-order valence-corrected chi connectivity index (χ4v) is 1.17. The minimum Gasteiger partial charge on any atom is -0.508 e. The molecule has 1 aromatic carbocycles. The van der Waals surface area contributed by atoms with Crippen LogP contribution in [0.25, 0.3) is 0 Å². The molecular formula is C10H11N3O2. The van der Waals surface area contributed by atoms with Gasteiger partial charge in [0.15, 0.2) is 5.82 Å². The lowest BCUT2D eigenvalue weighted by Gasteiger charge is -2.05. The maximum atomic E-state index is 9.21. The molecule has 0 bridgehead atoms. The second kappa shape index (κ2) is 4.00. The summed E-state index contributed by atoms with van der Waals surface area (Å²) in [5, 5.41) is 13.1. The molecule has 0 atom stereocenters. The Labute approximate surface area is 87.0 Å². The fraction of sp³-hybridized carbons (Fsp3) is 0.200. The van der Waals surface area contributed by atoms with Crippen LogP contribution in [0.5, 0.6) is 11.5 Å². The number of hydrogen-bond acceptors (Lipinski definition) is 4. The van der Waals surface area contributed by atoms with Gasteiger partial charge in [0.05, 0.1) is 0 Å². The van der Waals surface area contributed by atoms with Crippen molar-refractivity contribution in [1.82, 2.24) is 14.8 Å². The first-order valence-corrected chi connectivity index (χ1v) is 4.50. The van der Waals surface area contributed by atoms with Crippen LogP contribution in [0.2, 0.25) is 0 Å². The molecule has 0 amide bonds. The number of phenolic OH excluding ortho intramolecular Hbond substituents is 1. The number of benzene rings is 1. The van der Waals surface area contributed by atoms with E-state index in [1.807, 2.05) is 0 Å². The number of rotatable bonds is 3. The Morgan fingerprint density at radius 3 is 3.00 bits per heavy atom. The van der Waals surface area contributed by atoms with Crippen molar-refractivity contribution in [2.45, 2.75) is 6.61 Å². The summed E-state index contributed by atoms with van der Waals surface area (Å²) in [4.78, 5) is 4.02. The summed E-state index contributed by atoms with van der Waals surface area (Å²) in [6.07, 6.45) is 1.47. The maximum absolute atomic E-state index is 9.21. The van der Waals surface area contributed by atoms with Gasteiger partial charge in [-0.05, 0) is 12.1 Å². The van der Waals surface area contributed by atoms with Gasteiger partial charge < -0.3 is 9.84 Å². The average Bonchev–Trinajstić information content (AvgIpc) is 2.61. The van der Waals surface area contributed by atoms with E-state index in [1.54, 1.807) is 36.0 Å². The Balaban J connectivity index is 2.02. The highest BCUT2D eigenvalue weighted by atomic mass is 16.5. The molecule has 0 saturated heterocycles. The van der Waals surface area contributed by atoms with Crippen molar-refractivity contribution in [2.24, 2.45) is 7.05 Å².